The first kappa shape index (κ1) is 16.2. The Morgan fingerprint density at radius 3 is 2.62 bits per heavy atom. The van der Waals surface area contributed by atoms with E-state index in [0.717, 1.165) is 25.4 Å². The van der Waals surface area contributed by atoms with Crippen molar-refractivity contribution in [1.82, 2.24) is 10.2 Å². The monoisotopic (exact) mass is 297 g/mol. The molecule has 21 heavy (non-hydrogen) atoms. The minimum Gasteiger partial charge on any atom is -0.469 e. The van der Waals surface area contributed by atoms with E-state index in [2.05, 4.69) is 5.32 Å². The Morgan fingerprint density at radius 1 is 1.29 bits per heavy atom. The standard InChI is InChI=1S/C15H27N3O3/c1-21-15(20)12-6-13(9-18(8-12)10-14(16)19)17-7-11-4-2-3-5-11/h11-13,17H,2-10H2,1H3,(H2,16,19). The third kappa shape index (κ3) is 4.97. The summed E-state index contributed by atoms with van der Waals surface area (Å²) in [6, 6.07) is 0.225. The lowest BCUT2D eigenvalue weighted by Gasteiger charge is -2.36. The lowest BCUT2D eigenvalue weighted by atomic mass is 9.93. The van der Waals surface area contributed by atoms with Crippen LogP contribution >= 0.6 is 0 Å². The van der Waals surface area contributed by atoms with E-state index in [1.807, 2.05) is 4.90 Å². The Labute approximate surface area is 126 Å². The van der Waals surface area contributed by atoms with Gasteiger partial charge in [-0.3, -0.25) is 14.5 Å². The van der Waals surface area contributed by atoms with E-state index in [4.69, 9.17) is 10.5 Å². The van der Waals surface area contributed by atoms with Crippen LogP contribution in [0.25, 0.3) is 0 Å². The molecule has 1 aliphatic carbocycles. The van der Waals surface area contributed by atoms with Crippen LogP contribution in [0.2, 0.25) is 0 Å². The molecule has 2 atom stereocenters. The maximum Gasteiger partial charge on any atom is 0.310 e. The van der Waals surface area contributed by atoms with Crippen molar-refractivity contribution in [2.24, 2.45) is 17.6 Å². The number of primary amides is 1. The third-order valence-electron chi connectivity index (χ3n) is 4.61. The number of esters is 1. The molecular formula is C15H27N3O3. The van der Waals surface area contributed by atoms with Crippen LogP contribution < -0.4 is 11.1 Å². The molecule has 1 amide bonds. The van der Waals surface area contributed by atoms with E-state index in [9.17, 15) is 9.59 Å². The quantitative estimate of drug-likeness (QED) is 0.680. The van der Waals surface area contributed by atoms with E-state index in [0.29, 0.717) is 6.54 Å². The van der Waals surface area contributed by atoms with Crippen LogP contribution in [0.3, 0.4) is 0 Å². The minimum absolute atomic E-state index is 0.177. The second-order valence-electron chi connectivity index (χ2n) is 6.37. The maximum absolute atomic E-state index is 11.8. The largest absolute Gasteiger partial charge is 0.469 e. The molecule has 1 saturated heterocycles. The minimum atomic E-state index is -0.352. The molecule has 6 heteroatoms. The SMILES string of the molecule is COC(=O)C1CC(NCC2CCCC2)CN(CC(N)=O)C1. The van der Waals surface area contributed by atoms with Crippen LogP contribution in [-0.2, 0) is 14.3 Å². The topological polar surface area (TPSA) is 84.7 Å². The van der Waals surface area contributed by atoms with Crippen LogP contribution in [0.15, 0.2) is 0 Å². The van der Waals surface area contributed by atoms with Gasteiger partial charge in [-0.05, 0) is 31.7 Å². The number of amides is 1. The predicted octanol–water partition coefficient (Wildman–Crippen LogP) is 0.115. The number of ether oxygens (including phenoxy) is 1. The van der Waals surface area contributed by atoms with Crippen molar-refractivity contribution in [3.63, 3.8) is 0 Å². The number of carbonyl (C=O) groups excluding carboxylic acids is 2. The van der Waals surface area contributed by atoms with Crippen molar-refractivity contribution in [3.8, 4) is 0 Å². The molecule has 2 unspecified atom stereocenters. The molecule has 0 radical (unpaired) electrons. The molecule has 2 aliphatic rings. The third-order valence-corrected chi connectivity index (χ3v) is 4.61. The Balaban J connectivity index is 1.88. The summed E-state index contributed by atoms with van der Waals surface area (Å²) < 4.78 is 4.86. The highest BCUT2D eigenvalue weighted by molar-refractivity contribution is 5.76. The highest BCUT2D eigenvalue weighted by atomic mass is 16.5. The van der Waals surface area contributed by atoms with Gasteiger partial charge in [0, 0.05) is 19.1 Å². The molecule has 0 bridgehead atoms. The molecule has 1 aliphatic heterocycles. The molecule has 1 saturated carbocycles. The van der Waals surface area contributed by atoms with Crippen molar-refractivity contribution in [2.45, 2.75) is 38.1 Å². The molecule has 0 aromatic heterocycles. The molecule has 2 rings (SSSR count). The molecule has 0 aromatic carbocycles. The Morgan fingerprint density at radius 2 is 2.00 bits per heavy atom. The Kier molecular flexibility index (Phi) is 5.99. The molecular weight excluding hydrogens is 270 g/mol. The fourth-order valence-corrected chi connectivity index (χ4v) is 3.57. The lowest BCUT2D eigenvalue weighted by Crippen LogP contribution is -2.53. The molecule has 3 N–H and O–H groups in total. The Hall–Kier alpha value is -1.14. The number of carbonyl (C=O) groups is 2. The summed E-state index contributed by atoms with van der Waals surface area (Å²) in [6.45, 7) is 2.53. The zero-order valence-corrected chi connectivity index (χ0v) is 12.8. The van der Waals surface area contributed by atoms with Gasteiger partial charge < -0.3 is 15.8 Å². The first-order valence-corrected chi connectivity index (χ1v) is 7.90. The fourth-order valence-electron chi connectivity index (χ4n) is 3.57. The zero-order chi connectivity index (χ0) is 15.2. The number of hydrogen-bond donors (Lipinski definition) is 2. The molecule has 2 fully saturated rings. The maximum atomic E-state index is 11.8. The number of likely N-dealkylation sites (tertiary alicyclic amines) is 1. The van der Waals surface area contributed by atoms with Crippen LogP contribution in [0.4, 0.5) is 0 Å². The van der Waals surface area contributed by atoms with Gasteiger partial charge in [0.2, 0.25) is 5.91 Å². The number of methoxy groups -OCH3 is 1. The zero-order valence-electron chi connectivity index (χ0n) is 12.8. The number of nitrogens with two attached hydrogens (primary N) is 1. The van der Waals surface area contributed by atoms with Gasteiger partial charge in [-0.2, -0.15) is 0 Å². The average molecular weight is 297 g/mol. The lowest BCUT2D eigenvalue weighted by molar-refractivity contribution is -0.148. The molecule has 0 aromatic rings. The second kappa shape index (κ2) is 7.75. The Bertz CT molecular complexity index is 369. The number of nitrogens with one attached hydrogen (secondary N) is 1. The van der Waals surface area contributed by atoms with Gasteiger partial charge in [0.15, 0.2) is 0 Å². The molecule has 1 heterocycles. The van der Waals surface area contributed by atoms with Crippen molar-refractivity contribution in [3.05, 3.63) is 0 Å². The normalized spacial score (nSPS) is 27.7. The average Bonchev–Trinajstić information content (AvgIpc) is 2.96. The summed E-state index contributed by atoms with van der Waals surface area (Å²) in [5.74, 6) is 0.0316. The summed E-state index contributed by atoms with van der Waals surface area (Å²) in [4.78, 5) is 24.9. The van der Waals surface area contributed by atoms with Gasteiger partial charge in [-0.15, -0.1) is 0 Å². The number of piperidine rings is 1. The fraction of sp³-hybridized carbons (Fsp3) is 0.867. The van der Waals surface area contributed by atoms with Crippen molar-refractivity contribution in [1.29, 1.82) is 0 Å². The predicted molar refractivity (Wildman–Crippen MR) is 79.5 cm³/mol. The first-order chi connectivity index (χ1) is 10.1. The highest BCUT2D eigenvalue weighted by Gasteiger charge is 2.33. The van der Waals surface area contributed by atoms with Crippen molar-refractivity contribution in [2.75, 3.05) is 33.3 Å². The summed E-state index contributed by atoms with van der Waals surface area (Å²) in [6.07, 6.45) is 6.02. The van der Waals surface area contributed by atoms with E-state index in [1.165, 1.54) is 32.8 Å². The van der Waals surface area contributed by atoms with Gasteiger partial charge in [-0.1, -0.05) is 12.8 Å². The van der Waals surface area contributed by atoms with Crippen LogP contribution in [0.1, 0.15) is 32.1 Å². The van der Waals surface area contributed by atoms with Gasteiger partial charge >= 0.3 is 5.97 Å². The van der Waals surface area contributed by atoms with Crippen LogP contribution in [0.5, 0.6) is 0 Å². The van der Waals surface area contributed by atoms with E-state index in [1.54, 1.807) is 0 Å². The van der Waals surface area contributed by atoms with Gasteiger partial charge in [0.1, 0.15) is 0 Å². The summed E-state index contributed by atoms with van der Waals surface area (Å²) in [7, 11) is 1.41. The van der Waals surface area contributed by atoms with Gasteiger partial charge in [-0.25, -0.2) is 0 Å². The van der Waals surface area contributed by atoms with Gasteiger partial charge in [0.25, 0.3) is 0 Å². The van der Waals surface area contributed by atoms with E-state index in [-0.39, 0.29) is 30.4 Å². The number of hydrogen-bond acceptors (Lipinski definition) is 5. The highest BCUT2D eigenvalue weighted by Crippen LogP contribution is 2.25. The summed E-state index contributed by atoms with van der Waals surface area (Å²) in [5, 5.41) is 3.57. The summed E-state index contributed by atoms with van der Waals surface area (Å²) >= 11 is 0. The summed E-state index contributed by atoms with van der Waals surface area (Å²) in [5.41, 5.74) is 5.28. The number of nitrogens with zero attached hydrogens (tertiary/aromatic N) is 1. The molecule has 120 valence electrons. The van der Waals surface area contributed by atoms with Crippen LogP contribution in [0, 0.1) is 11.8 Å². The smallest absolute Gasteiger partial charge is 0.310 e. The molecule has 6 nitrogen and oxygen atoms in total. The molecule has 0 spiro atoms. The second-order valence-corrected chi connectivity index (χ2v) is 6.37. The number of rotatable bonds is 6. The van der Waals surface area contributed by atoms with Crippen molar-refractivity contribution >= 4 is 11.9 Å². The van der Waals surface area contributed by atoms with Gasteiger partial charge in [0.05, 0.1) is 19.6 Å². The first-order valence-electron chi connectivity index (χ1n) is 7.90. The van der Waals surface area contributed by atoms with E-state index >= 15 is 0 Å². The van der Waals surface area contributed by atoms with E-state index < -0.39 is 0 Å². The van der Waals surface area contributed by atoms with Crippen LogP contribution in [-0.4, -0.2) is 56.1 Å². The van der Waals surface area contributed by atoms with Crippen molar-refractivity contribution < 1.29 is 14.3 Å².